The summed E-state index contributed by atoms with van der Waals surface area (Å²) in [5.74, 6) is -0.833. The molecule has 0 saturated heterocycles. The lowest BCUT2D eigenvalue weighted by Crippen LogP contribution is -1.87. The van der Waals surface area contributed by atoms with Crippen molar-refractivity contribution in [3.05, 3.63) is 34.5 Å². The number of benzene rings is 1. The van der Waals surface area contributed by atoms with Gasteiger partial charge in [-0.05, 0) is 6.07 Å². The van der Waals surface area contributed by atoms with E-state index in [0.29, 0.717) is 10.9 Å². The maximum Gasteiger partial charge on any atom is 0.300 e. The summed E-state index contributed by atoms with van der Waals surface area (Å²) < 4.78 is 0. The summed E-state index contributed by atoms with van der Waals surface area (Å²) in [6.45, 7) is 1.08. The molecule has 0 spiro atoms. The van der Waals surface area contributed by atoms with Crippen LogP contribution < -0.4 is 0 Å². The lowest BCUT2D eigenvalue weighted by molar-refractivity contribution is -0.383. The average molecular weight is 223 g/mol. The number of non-ortho nitro benzene ring substituents is 1. The highest BCUT2D eigenvalue weighted by molar-refractivity contribution is 5.87. The molecule has 0 amide bonds. The molecule has 2 rings (SSSR count). The predicted molar refractivity (Wildman–Crippen MR) is 56.1 cm³/mol. The van der Waals surface area contributed by atoms with Gasteiger partial charge in [-0.15, -0.1) is 0 Å². The van der Waals surface area contributed by atoms with Crippen LogP contribution in [0.5, 0.6) is 0 Å². The van der Waals surface area contributed by atoms with Crippen molar-refractivity contribution < 1.29 is 14.8 Å². The third-order valence-electron chi connectivity index (χ3n) is 1.66. The highest BCUT2D eigenvalue weighted by Gasteiger charge is 2.11. The van der Waals surface area contributed by atoms with E-state index in [1.807, 2.05) is 0 Å². The zero-order valence-electron chi connectivity index (χ0n) is 8.38. The van der Waals surface area contributed by atoms with E-state index in [1.165, 1.54) is 12.3 Å². The van der Waals surface area contributed by atoms with Gasteiger partial charge in [0.1, 0.15) is 0 Å². The number of hydrogen-bond acceptors (Lipinski definition) is 4. The Morgan fingerprint density at radius 1 is 1.56 bits per heavy atom. The van der Waals surface area contributed by atoms with Gasteiger partial charge in [0, 0.05) is 13.0 Å². The number of nitrogens with one attached hydrogen (secondary N) is 1. The van der Waals surface area contributed by atoms with Crippen molar-refractivity contribution in [2.75, 3.05) is 0 Å². The van der Waals surface area contributed by atoms with Crippen molar-refractivity contribution in [3.8, 4) is 0 Å². The summed E-state index contributed by atoms with van der Waals surface area (Å²) in [7, 11) is 0. The lowest BCUT2D eigenvalue weighted by atomic mass is 10.2. The average Bonchev–Trinajstić information content (AvgIpc) is 2.63. The number of H-pyrrole nitrogens is 1. The van der Waals surface area contributed by atoms with Gasteiger partial charge in [0.05, 0.1) is 22.0 Å². The molecule has 0 saturated carbocycles. The molecule has 7 nitrogen and oxygen atoms in total. The Morgan fingerprint density at radius 2 is 2.19 bits per heavy atom. The van der Waals surface area contributed by atoms with Crippen LogP contribution in [0.15, 0.2) is 24.4 Å². The zero-order valence-corrected chi connectivity index (χ0v) is 8.38. The number of nitrogens with zero attached hydrogens (tertiary/aromatic N) is 2. The van der Waals surface area contributed by atoms with E-state index in [1.54, 1.807) is 12.1 Å². The number of aliphatic carboxylic acids is 1. The normalized spacial score (nSPS) is 9.31. The minimum atomic E-state index is -0.833. The number of hydrogen-bond donors (Lipinski definition) is 2. The van der Waals surface area contributed by atoms with Crippen molar-refractivity contribution in [2.45, 2.75) is 6.92 Å². The van der Waals surface area contributed by atoms with Crippen molar-refractivity contribution in [1.82, 2.24) is 10.2 Å². The van der Waals surface area contributed by atoms with Gasteiger partial charge >= 0.3 is 0 Å². The van der Waals surface area contributed by atoms with Crippen LogP contribution in [0.3, 0.4) is 0 Å². The largest absolute Gasteiger partial charge is 0.481 e. The van der Waals surface area contributed by atoms with Gasteiger partial charge in [0.15, 0.2) is 0 Å². The molecule has 0 atom stereocenters. The third kappa shape index (κ3) is 2.77. The summed E-state index contributed by atoms with van der Waals surface area (Å²) in [5.41, 5.74) is 0.769. The van der Waals surface area contributed by atoms with E-state index in [-0.39, 0.29) is 5.69 Å². The minimum absolute atomic E-state index is 0.0845. The smallest absolute Gasteiger partial charge is 0.300 e. The summed E-state index contributed by atoms with van der Waals surface area (Å²) in [4.78, 5) is 19.1. The van der Waals surface area contributed by atoms with Gasteiger partial charge in [-0.3, -0.25) is 20.0 Å². The summed E-state index contributed by atoms with van der Waals surface area (Å²) in [5, 5.41) is 24.8. The number of nitro groups is 1. The van der Waals surface area contributed by atoms with Gasteiger partial charge in [-0.2, -0.15) is 5.10 Å². The third-order valence-corrected chi connectivity index (χ3v) is 1.66. The molecule has 0 aliphatic carbocycles. The van der Waals surface area contributed by atoms with Gasteiger partial charge in [-0.25, -0.2) is 0 Å². The molecule has 84 valence electrons. The second-order valence-electron chi connectivity index (χ2n) is 2.88. The molecule has 16 heavy (non-hydrogen) atoms. The molecule has 0 unspecified atom stereocenters. The van der Waals surface area contributed by atoms with Crippen LogP contribution in [0.2, 0.25) is 0 Å². The number of rotatable bonds is 1. The van der Waals surface area contributed by atoms with Crippen LogP contribution in [0.25, 0.3) is 10.9 Å². The highest BCUT2D eigenvalue weighted by Crippen LogP contribution is 2.22. The molecule has 0 fully saturated rings. The topological polar surface area (TPSA) is 109 Å². The number of fused-ring (bicyclic) bond motifs is 1. The molecule has 2 N–H and O–H groups in total. The van der Waals surface area contributed by atoms with Crippen molar-refractivity contribution in [2.24, 2.45) is 0 Å². The number of carboxylic acid groups (broad SMARTS) is 1. The molecular weight excluding hydrogens is 214 g/mol. The second-order valence-corrected chi connectivity index (χ2v) is 2.88. The number of aromatic amines is 1. The van der Waals surface area contributed by atoms with E-state index >= 15 is 0 Å². The summed E-state index contributed by atoms with van der Waals surface area (Å²) >= 11 is 0. The zero-order chi connectivity index (χ0) is 12.1. The maximum atomic E-state index is 10.5. The number of carboxylic acids is 1. The molecule has 1 aromatic heterocycles. The van der Waals surface area contributed by atoms with Gasteiger partial charge in [0.25, 0.3) is 11.7 Å². The first-order valence-corrected chi connectivity index (χ1v) is 4.28. The van der Waals surface area contributed by atoms with E-state index in [9.17, 15) is 10.1 Å². The Bertz CT molecular complexity index is 516. The highest BCUT2D eigenvalue weighted by atomic mass is 16.6. The van der Waals surface area contributed by atoms with Crippen LogP contribution in [0.4, 0.5) is 5.69 Å². The maximum absolute atomic E-state index is 10.5. The molecule has 7 heteroatoms. The minimum Gasteiger partial charge on any atom is -0.481 e. The molecular formula is C9H9N3O4. The monoisotopic (exact) mass is 223 g/mol. The van der Waals surface area contributed by atoms with Crippen molar-refractivity contribution in [1.29, 1.82) is 0 Å². The van der Waals surface area contributed by atoms with Crippen LogP contribution in [-0.4, -0.2) is 26.2 Å². The Labute approximate surface area is 89.9 Å². The fraction of sp³-hybridized carbons (Fsp3) is 0.111. The first kappa shape index (κ1) is 11.6. The van der Waals surface area contributed by atoms with Gasteiger partial charge < -0.3 is 5.11 Å². The van der Waals surface area contributed by atoms with E-state index in [0.717, 1.165) is 6.92 Å². The molecule has 0 radical (unpaired) electrons. The van der Waals surface area contributed by atoms with Crippen LogP contribution in [-0.2, 0) is 4.79 Å². The SMILES string of the molecule is CC(=O)O.O=[N+]([O-])c1cccc2[nH]ncc12. The van der Waals surface area contributed by atoms with Crippen LogP contribution in [0, 0.1) is 10.1 Å². The molecule has 0 bridgehead atoms. The molecule has 1 aromatic carbocycles. The number of carbonyl (C=O) groups is 1. The van der Waals surface area contributed by atoms with Crippen molar-refractivity contribution >= 4 is 22.6 Å². The first-order valence-electron chi connectivity index (χ1n) is 4.28. The van der Waals surface area contributed by atoms with Crippen LogP contribution >= 0.6 is 0 Å². The quantitative estimate of drug-likeness (QED) is 0.563. The van der Waals surface area contributed by atoms with E-state index in [4.69, 9.17) is 9.90 Å². The molecule has 0 aliphatic heterocycles. The number of aromatic nitrogens is 2. The summed E-state index contributed by atoms with van der Waals surface area (Å²) in [6.07, 6.45) is 1.45. The van der Waals surface area contributed by atoms with E-state index in [2.05, 4.69) is 10.2 Å². The van der Waals surface area contributed by atoms with E-state index < -0.39 is 10.9 Å². The Hall–Kier alpha value is -2.44. The second kappa shape index (κ2) is 4.87. The molecule has 1 heterocycles. The lowest BCUT2D eigenvalue weighted by Gasteiger charge is -1.90. The fourth-order valence-electron chi connectivity index (χ4n) is 1.11. The molecule has 0 aliphatic rings. The fourth-order valence-corrected chi connectivity index (χ4v) is 1.11. The predicted octanol–water partition coefficient (Wildman–Crippen LogP) is 1.56. The Morgan fingerprint density at radius 3 is 2.75 bits per heavy atom. The Balaban J connectivity index is 0.000000280. The number of nitro benzene ring substituents is 1. The van der Waals surface area contributed by atoms with Gasteiger partial charge in [-0.1, -0.05) is 6.07 Å². The Kier molecular flexibility index (Phi) is 3.54. The summed E-state index contributed by atoms with van der Waals surface area (Å²) in [6, 6.07) is 4.83. The van der Waals surface area contributed by atoms with Crippen LogP contribution in [0.1, 0.15) is 6.92 Å². The first-order chi connectivity index (χ1) is 7.52. The van der Waals surface area contributed by atoms with Gasteiger partial charge in [0.2, 0.25) is 0 Å². The van der Waals surface area contributed by atoms with Crippen molar-refractivity contribution in [3.63, 3.8) is 0 Å². The molecule has 2 aromatic rings. The standard InChI is InChI=1S/C7H5N3O2.C2H4O2/c11-10(12)7-3-1-2-6-5(7)4-8-9-6;1-2(3)4/h1-4H,(H,8,9);1H3,(H,3,4).